The van der Waals surface area contributed by atoms with Gasteiger partial charge in [0, 0.05) is 31.4 Å². The van der Waals surface area contributed by atoms with E-state index in [0.29, 0.717) is 22.7 Å². The summed E-state index contributed by atoms with van der Waals surface area (Å²) in [5.74, 6) is 0.00890. The zero-order chi connectivity index (χ0) is 22.2. The maximum absolute atomic E-state index is 13.3. The summed E-state index contributed by atoms with van der Waals surface area (Å²) in [6, 6.07) is 19.7. The van der Waals surface area contributed by atoms with Gasteiger partial charge in [-0.15, -0.1) is 0 Å². The lowest BCUT2D eigenvalue weighted by atomic mass is 10.1. The smallest absolute Gasteiger partial charge is 0.259 e. The second-order valence-corrected chi connectivity index (χ2v) is 7.01. The fourth-order valence-electron chi connectivity index (χ4n) is 2.67. The number of carbonyl (C=O) groups excluding carboxylic acids is 2. The molecule has 0 aromatic heterocycles. The van der Waals surface area contributed by atoms with Gasteiger partial charge >= 0.3 is 0 Å². The summed E-state index contributed by atoms with van der Waals surface area (Å²) in [5.41, 5.74) is 1.82. The van der Waals surface area contributed by atoms with Gasteiger partial charge in [-0.1, -0.05) is 24.3 Å². The third-order valence-electron chi connectivity index (χ3n) is 4.34. The lowest BCUT2D eigenvalue weighted by Crippen LogP contribution is -2.27. The van der Waals surface area contributed by atoms with Crippen LogP contribution in [0.15, 0.2) is 72.8 Å². The fourth-order valence-corrected chi connectivity index (χ4v) is 2.67. The van der Waals surface area contributed by atoms with Crippen LogP contribution in [-0.2, 0) is 11.4 Å². The van der Waals surface area contributed by atoms with E-state index in [1.54, 1.807) is 68.7 Å². The SMILES string of the molecule is CN(C)C(=O)COc1cccc(C(=O)Nc2cccc(COc3cccc(F)c3)c2)c1. The Morgan fingerprint density at radius 1 is 0.903 bits per heavy atom. The minimum atomic E-state index is -0.365. The molecule has 0 aliphatic rings. The number of nitrogens with one attached hydrogen (secondary N) is 1. The van der Waals surface area contributed by atoms with E-state index in [1.807, 2.05) is 6.07 Å². The average molecular weight is 422 g/mol. The summed E-state index contributed by atoms with van der Waals surface area (Å²) in [6.07, 6.45) is 0. The fraction of sp³-hybridized carbons (Fsp3) is 0.167. The highest BCUT2D eigenvalue weighted by atomic mass is 19.1. The number of hydrogen-bond donors (Lipinski definition) is 1. The number of hydrogen-bond acceptors (Lipinski definition) is 4. The van der Waals surface area contributed by atoms with Gasteiger partial charge in [0.15, 0.2) is 6.61 Å². The molecule has 1 N–H and O–H groups in total. The van der Waals surface area contributed by atoms with E-state index in [0.717, 1.165) is 5.56 Å². The molecule has 2 amide bonds. The van der Waals surface area contributed by atoms with Gasteiger partial charge in [-0.05, 0) is 48.0 Å². The average Bonchev–Trinajstić information content (AvgIpc) is 2.76. The summed E-state index contributed by atoms with van der Waals surface area (Å²) in [4.78, 5) is 25.7. The number of rotatable bonds is 8. The van der Waals surface area contributed by atoms with Crippen molar-refractivity contribution in [3.8, 4) is 11.5 Å². The molecule has 0 spiro atoms. The van der Waals surface area contributed by atoms with Crippen LogP contribution in [0.25, 0.3) is 0 Å². The first kappa shape index (κ1) is 21.8. The summed E-state index contributed by atoms with van der Waals surface area (Å²) < 4.78 is 24.3. The number of ether oxygens (including phenoxy) is 2. The first-order valence-electron chi connectivity index (χ1n) is 9.62. The predicted octanol–water partition coefficient (Wildman–Crippen LogP) is 4.12. The Hall–Kier alpha value is -3.87. The van der Waals surface area contributed by atoms with Crippen LogP contribution in [0.4, 0.5) is 10.1 Å². The molecule has 3 aromatic carbocycles. The van der Waals surface area contributed by atoms with Crippen molar-refractivity contribution < 1.29 is 23.5 Å². The monoisotopic (exact) mass is 422 g/mol. The van der Waals surface area contributed by atoms with E-state index in [4.69, 9.17) is 9.47 Å². The first-order valence-corrected chi connectivity index (χ1v) is 9.62. The third-order valence-corrected chi connectivity index (χ3v) is 4.34. The topological polar surface area (TPSA) is 67.9 Å². The Kier molecular flexibility index (Phi) is 7.22. The molecule has 0 heterocycles. The Bertz CT molecular complexity index is 1070. The molecule has 0 unspecified atom stereocenters. The minimum Gasteiger partial charge on any atom is -0.489 e. The van der Waals surface area contributed by atoms with Crippen molar-refractivity contribution in [3.63, 3.8) is 0 Å². The molecule has 0 aliphatic heterocycles. The molecule has 160 valence electrons. The molecule has 0 fully saturated rings. The molecule has 0 bridgehead atoms. The van der Waals surface area contributed by atoms with E-state index < -0.39 is 0 Å². The normalized spacial score (nSPS) is 10.3. The van der Waals surface area contributed by atoms with Gasteiger partial charge in [0.05, 0.1) is 0 Å². The number of benzene rings is 3. The summed E-state index contributed by atoms with van der Waals surface area (Å²) in [7, 11) is 3.29. The molecule has 0 saturated heterocycles. The molecule has 3 rings (SSSR count). The van der Waals surface area contributed by atoms with Crippen molar-refractivity contribution >= 4 is 17.5 Å². The standard InChI is InChI=1S/C24H23FN2O4/c1-27(2)23(28)16-31-21-10-4-7-18(13-21)24(29)26-20-9-3-6-17(12-20)15-30-22-11-5-8-19(25)14-22/h3-14H,15-16H2,1-2H3,(H,26,29). The lowest BCUT2D eigenvalue weighted by molar-refractivity contribution is -0.130. The first-order chi connectivity index (χ1) is 14.9. The van der Waals surface area contributed by atoms with Crippen molar-refractivity contribution in [1.29, 1.82) is 0 Å². The zero-order valence-electron chi connectivity index (χ0n) is 17.3. The van der Waals surface area contributed by atoms with Crippen LogP contribution in [0, 0.1) is 5.82 Å². The quantitative estimate of drug-likeness (QED) is 0.593. The summed E-state index contributed by atoms with van der Waals surface area (Å²) in [6.45, 7) is 0.127. The van der Waals surface area contributed by atoms with Crippen molar-refractivity contribution in [3.05, 3.63) is 89.7 Å². The second kappa shape index (κ2) is 10.2. The zero-order valence-corrected chi connectivity index (χ0v) is 17.3. The molecule has 0 aliphatic carbocycles. The Balaban J connectivity index is 1.61. The maximum Gasteiger partial charge on any atom is 0.259 e. The Morgan fingerprint density at radius 2 is 1.61 bits per heavy atom. The van der Waals surface area contributed by atoms with E-state index in [9.17, 15) is 14.0 Å². The van der Waals surface area contributed by atoms with Crippen molar-refractivity contribution in [1.82, 2.24) is 4.90 Å². The molecular formula is C24H23FN2O4. The van der Waals surface area contributed by atoms with Crippen LogP contribution in [0.5, 0.6) is 11.5 Å². The summed E-state index contributed by atoms with van der Waals surface area (Å²) in [5, 5.41) is 2.83. The third kappa shape index (κ3) is 6.57. The molecule has 0 atom stereocenters. The highest BCUT2D eigenvalue weighted by Crippen LogP contribution is 2.18. The van der Waals surface area contributed by atoms with E-state index in [-0.39, 0.29) is 30.8 Å². The molecule has 7 heteroatoms. The van der Waals surface area contributed by atoms with Gasteiger partial charge in [-0.2, -0.15) is 0 Å². The molecule has 6 nitrogen and oxygen atoms in total. The Morgan fingerprint density at radius 3 is 2.35 bits per heavy atom. The number of anilines is 1. The minimum absolute atomic E-state index is 0.106. The van der Waals surface area contributed by atoms with Gasteiger partial charge in [0.1, 0.15) is 23.9 Å². The van der Waals surface area contributed by atoms with Crippen LogP contribution in [0.2, 0.25) is 0 Å². The van der Waals surface area contributed by atoms with Crippen molar-refractivity contribution in [2.75, 3.05) is 26.0 Å². The Labute approximate surface area is 180 Å². The van der Waals surface area contributed by atoms with Crippen molar-refractivity contribution in [2.24, 2.45) is 0 Å². The van der Waals surface area contributed by atoms with Gasteiger partial charge in [-0.25, -0.2) is 4.39 Å². The molecular weight excluding hydrogens is 399 g/mol. The molecule has 3 aromatic rings. The van der Waals surface area contributed by atoms with Crippen LogP contribution >= 0.6 is 0 Å². The highest BCUT2D eigenvalue weighted by Gasteiger charge is 2.10. The van der Waals surface area contributed by atoms with Crippen LogP contribution in [0.3, 0.4) is 0 Å². The number of nitrogens with zero attached hydrogens (tertiary/aromatic N) is 1. The predicted molar refractivity (Wildman–Crippen MR) is 116 cm³/mol. The lowest BCUT2D eigenvalue weighted by Gasteiger charge is -2.12. The number of halogens is 1. The van der Waals surface area contributed by atoms with E-state index in [2.05, 4.69) is 5.32 Å². The van der Waals surface area contributed by atoms with Crippen LogP contribution in [-0.4, -0.2) is 37.4 Å². The van der Waals surface area contributed by atoms with Crippen LogP contribution in [0.1, 0.15) is 15.9 Å². The van der Waals surface area contributed by atoms with Crippen molar-refractivity contribution in [2.45, 2.75) is 6.61 Å². The van der Waals surface area contributed by atoms with E-state index in [1.165, 1.54) is 17.0 Å². The number of amides is 2. The largest absolute Gasteiger partial charge is 0.489 e. The molecule has 0 radical (unpaired) electrons. The maximum atomic E-state index is 13.3. The second-order valence-electron chi connectivity index (χ2n) is 7.01. The van der Waals surface area contributed by atoms with Gasteiger partial charge in [0.25, 0.3) is 11.8 Å². The summed E-state index contributed by atoms with van der Waals surface area (Å²) >= 11 is 0. The van der Waals surface area contributed by atoms with Crippen LogP contribution < -0.4 is 14.8 Å². The van der Waals surface area contributed by atoms with E-state index >= 15 is 0 Å². The molecule has 0 saturated carbocycles. The number of likely N-dealkylation sites (N-methyl/N-ethyl adjacent to an activating group) is 1. The van der Waals surface area contributed by atoms with Gasteiger partial charge < -0.3 is 19.7 Å². The molecule has 31 heavy (non-hydrogen) atoms. The van der Waals surface area contributed by atoms with Gasteiger partial charge in [-0.3, -0.25) is 9.59 Å². The highest BCUT2D eigenvalue weighted by molar-refractivity contribution is 6.04. The van der Waals surface area contributed by atoms with Gasteiger partial charge in [0.2, 0.25) is 0 Å². The number of carbonyl (C=O) groups is 2.